The molecule has 60 valence electrons. The second-order valence-corrected chi connectivity index (χ2v) is 1.43. The molecule has 10 heavy (non-hydrogen) atoms. The summed E-state index contributed by atoms with van der Waals surface area (Å²) in [5, 5.41) is 0. The van der Waals surface area contributed by atoms with Gasteiger partial charge >= 0.3 is 21.9 Å². The van der Waals surface area contributed by atoms with E-state index in [1.54, 1.807) is 6.92 Å². The van der Waals surface area contributed by atoms with Gasteiger partial charge in [-0.05, 0) is 6.92 Å². The molecule has 0 aliphatic heterocycles. The van der Waals surface area contributed by atoms with E-state index in [1.807, 2.05) is 0 Å². The first-order chi connectivity index (χ1) is 4.72. The monoisotopic (exact) mass is 165 g/mol. The van der Waals surface area contributed by atoms with Crippen LogP contribution < -0.4 is 5.73 Å². The van der Waals surface area contributed by atoms with Gasteiger partial charge in [-0.1, -0.05) is 0 Å². The largest absolute Gasteiger partial charge is 0.644 e. The van der Waals surface area contributed by atoms with Gasteiger partial charge in [0, 0.05) is 0 Å². The minimum absolute atomic E-state index is 0.0200. The molecule has 0 aromatic rings. The molecule has 0 rings (SSSR count). The van der Waals surface area contributed by atoms with Crippen LogP contribution in [0.1, 0.15) is 6.92 Å². The van der Waals surface area contributed by atoms with Crippen LogP contribution in [0.15, 0.2) is 0 Å². The molecule has 0 heterocycles. The third kappa shape index (κ3) is 15.7. The van der Waals surface area contributed by atoms with Crippen molar-refractivity contribution >= 4 is 21.9 Å². The first-order valence-corrected chi connectivity index (χ1v) is 4.06. The fraction of sp³-hybridized carbons (Fsp3) is 0.750. The molecular formula is C4H12AlNO4. The van der Waals surface area contributed by atoms with Gasteiger partial charge in [0.1, 0.15) is 0 Å². The highest BCUT2D eigenvalue weighted by Gasteiger charge is 1.91. The molecule has 0 spiro atoms. The molecule has 0 aliphatic rings. The van der Waals surface area contributed by atoms with E-state index in [4.69, 9.17) is 14.1 Å². The maximum Gasteiger partial charge on any atom is 0.644 e. The van der Waals surface area contributed by atoms with Crippen LogP contribution in [0.3, 0.4) is 0 Å². The maximum absolute atomic E-state index is 10.1. The van der Waals surface area contributed by atoms with Crippen molar-refractivity contribution in [3.05, 3.63) is 0 Å². The van der Waals surface area contributed by atoms with Crippen molar-refractivity contribution in [3.8, 4) is 0 Å². The second-order valence-electron chi connectivity index (χ2n) is 1.15. The SMILES string of the molecule is CCOC(=O)CN.[OH][AlH][OH]. The normalized spacial score (nSPS) is 7.20. The summed E-state index contributed by atoms with van der Waals surface area (Å²) in [5.74, 6) is -0.345. The molecule has 6 heteroatoms. The maximum atomic E-state index is 10.1. The number of carbonyl (C=O) groups is 1. The van der Waals surface area contributed by atoms with E-state index in [2.05, 4.69) is 4.74 Å². The Hall–Kier alpha value is -0.118. The fourth-order valence-corrected chi connectivity index (χ4v) is 0.220. The van der Waals surface area contributed by atoms with Crippen LogP contribution in [0.2, 0.25) is 0 Å². The summed E-state index contributed by atoms with van der Waals surface area (Å²) in [4.78, 5) is 10.1. The standard InChI is InChI=1S/C4H9NO2.Al.2H2O.H/c1-2-7-4(6)3-5;;;;/h2-3,5H2,1H3;;2*1H2;/q;+2;;;/p-2. The zero-order chi connectivity index (χ0) is 8.41. The highest BCUT2D eigenvalue weighted by Crippen LogP contribution is 1.69. The van der Waals surface area contributed by atoms with Crippen molar-refractivity contribution in [3.63, 3.8) is 0 Å². The van der Waals surface area contributed by atoms with Crippen molar-refractivity contribution in [1.29, 1.82) is 0 Å². The smallest absolute Gasteiger partial charge is 0.496 e. The number of hydrogen-bond donors (Lipinski definition) is 3. The van der Waals surface area contributed by atoms with Gasteiger partial charge in [-0.3, -0.25) is 4.79 Å². The van der Waals surface area contributed by atoms with Crippen molar-refractivity contribution in [2.45, 2.75) is 6.92 Å². The van der Waals surface area contributed by atoms with Crippen molar-refractivity contribution in [2.75, 3.05) is 13.2 Å². The lowest BCUT2D eigenvalue weighted by Gasteiger charge is -1.93. The molecule has 0 saturated heterocycles. The van der Waals surface area contributed by atoms with Gasteiger partial charge in [-0.15, -0.1) is 0 Å². The van der Waals surface area contributed by atoms with Crippen LogP contribution in [0.25, 0.3) is 0 Å². The van der Waals surface area contributed by atoms with E-state index in [0.717, 1.165) is 0 Å². The van der Waals surface area contributed by atoms with Crippen LogP contribution >= 0.6 is 0 Å². The predicted octanol–water partition coefficient (Wildman–Crippen LogP) is -2.25. The Bertz CT molecular complexity index is 79.7. The third-order valence-corrected chi connectivity index (χ3v) is 0.472. The topological polar surface area (TPSA) is 92.8 Å². The molecule has 0 aromatic heterocycles. The summed E-state index contributed by atoms with van der Waals surface area (Å²) >= 11 is -1.58. The van der Waals surface area contributed by atoms with Gasteiger partial charge in [0.15, 0.2) is 0 Å². The van der Waals surface area contributed by atoms with Crippen LogP contribution in [0.4, 0.5) is 0 Å². The molecule has 4 N–H and O–H groups in total. The molecule has 0 unspecified atom stereocenters. The Kier molecular flexibility index (Phi) is 14.6. The van der Waals surface area contributed by atoms with E-state index in [1.165, 1.54) is 0 Å². The first kappa shape index (κ1) is 12.5. The number of nitrogens with two attached hydrogens (primary N) is 1. The summed E-state index contributed by atoms with van der Waals surface area (Å²) < 4.78 is 19.0. The molecule has 0 saturated carbocycles. The molecule has 0 fully saturated rings. The van der Waals surface area contributed by atoms with Gasteiger partial charge < -0.3 is 18.8 Å². The molecule has 5 nitrogen and oxygen atoms in total. The van der Waals surface area contributed by atoms with Gasteiger partial charge in [-0.25, -0.2) is 0 Å². The lowest BCUT2D eigenvalue weighted by molar-refractivity contribution is -0.141. The fourth-order valence-electron chi connectivity index (χ4n) is 0.220. The summed E-state index contributed by atoms with van der Waals surface area (Å²) in [6, 6.07) is 0. The number of esters is 1. The zero-order valence-corrected chi connectivity index (χ0v) is 7.32. The highest BCUT2D eigenvalue weighted by molar-refractivity contribution is 6.13. The summed E-state index contributed by atoms with van der Waals surface area (Å²) in [7, 11) is 0. The molecule has 0 radical (unpaired) electrons. The lowest BCUT2D eigenvalue weighted by atomic mass is 10.7. The minimum atomic E-state index is -1.58. The minimum Gasteiger partial charge on any atom is -0.496 e. The Morgan fingerprint density at radius 1 is 1.70 bits per heavy atom. The Morgan fingerprint density at radius 2 is 2.10 bits per heavy atom. The summed E-state index contributed by atoms with van der Waals surface area (Å²) in [6.45, 7) is 2.14. The highest BCUT2D eigenvalue weighted by atomic mass is 27.2. The van der Waals surface area contributed by atoms with Crippen LogP contribution in [0.5, 0.6) is 0 Å². The number of ether oxygens (including phenoxy) is 1. The van der Waals surface area contributed by atoms with Crippen molar-refractivity contribution < 1.29 is 17.8 Å². The Balaban J connectivity index is 0. The third-order valence-electron chi connectivity index (χ3n) is 0.472. The van der Waals surface area contributed by atoms with Gasteiger partial charge in [0.25, 0.3) is 0 Å². The molecule has 0 aromatic carbocycles. The van der Waals surface area contributed by atoms with Gasteiger partial charge in [0.05, 0.1) is 13.2 Å². The van der Waals surface area contributed by atoms with Crippen LogP contribution in [-0.4, -0.2) is 43.3 Å². The number of rotatable bonds is 2. The molecule has 0 aliphatic carbocycles. The number of hydrogen-bond acceptors (Lipinski definition) is 5. The van der Waals surface area contributed by atoms with Crippen LogP contribution in [-0.2, 0) is 9.53 Å². The quantitative estimate of drug-likeness (QED) is 0.317. The Morgan fingerprint density at radius 3 is 2.20 bits per heavy atom. The summed E-state index contributed by atoms with van der Waals surface area (Å²) in [5.41, 5.74) is 4.88. The molecule has 0 atom stereocenters. The second kappa shape index (κ2) is 11.7. The summed E-state index contributed by atoms with van der Waals surface area (Å²) in [6.07, 6.45) is 0. The zero-order valence-electron chi connectivity index (χ0n) is 5.91. The van der Waals surface area contributed by atoms with E-state index >= 15 is 0 Å². The lowest BCUT2D eigenvalue weighted by Crippen LogP contribution is -2.16. The predicted molar refractivity (Wildman–Crippen MR) is 37.3 cm³/mol. The van der Waals surface area contributed by atoms with E-state index in [0.29, 0.717) is 6.61 Å². The average molecular weight is 165 g/mol. The van der Waals surface area contributed by atoms with E-state index < -0.39 is 15.9 Å². The molecule has 0 bridgehead atoms. The van der Waals surface area contributed by atoms with E-state index in [9.17, 15) is 4.79 Å². The van der Waals surface area contributed by atoms with Crippen molar-refractivity contribution in [2.24, 2.45) is 5.73 Å². The number of carbonyl (C=O) groups excluding carboxylic acids is 1. The molecule has 0 amide bonds. The average Bonchev–Trinajstić information content (AvgIpc) is 1.90. The van der Waals surface area contributed by atoms with Gasteiger partial charge in [-0.2, -0.15) is 0 Å². The first-order valence-electron chi connectivity index (χ1n) is 2.80. The van der Waals surface area contributed by atoms with E-state index in [-0.39, 0.29) is 12.5 Å². The van der Waals surface area contributed by atoms with Crippen LogP contribution in [0, 0.1) is 0 Å². The molecular weight excluding hydrogens is 153 g/mol. The Labute approximate surface area is 66.2 Å². The van der Waals surface area contributed by atoms with Gasteiger partial charge in [0.2, 0.25) is 0 Å². The van der Waals surface area contributed by atoms with Crippen molar-refractivity contribution in [1.82, 2.24) is 0 Å².